The second-order valence-electron chi connectivity index (χ2n) is 6.93. The van der Waals surface area contributed by atoms with Gasteiger partial charge in [0.1, 0.15) is 18.1 Å². The first-order valence-electron chi connectivity index (χ1n) is 9.48. The van der Waals surface area contributed by atoms with E-state index >= 15 is 0 Å². The van der Waals surface area contributed by atoms with Crippen molar-refractivity contribution in [3.63, 3.8) is 0 Å². The fourth-order valence-electron chi connectivity index (χ4n) is 3.31. The Morgan fingerprint density at radius 1 is 1.26 bits per heavy atom. The maximum absolute atomic E-state index is 10.4. The summed E-state index contributed by atoms with van der Waals surface area (Å²) in [5, 5.41) is 10.4. The first kappa shape index (κ1) is 19.9. The van der Waals surface area contributed by atoms with Gasteiger partial charge in [-0.2, -0.15) is 0 Å². The van der Waals surface area contributed by atoms with E-state index in [0.717, 1.165) is 44.0 Å². The Hall–Kier alpha value is -1.86. The summed E-state index contributed by atoms with van der Waals surface area (Å²) in [5.41, 5.74) is 1.18. The molecular weight excluding hydrogens is 346 g/mol. The van der Waals surface area contributed by atoms with E-state index in [9.17, 15) is 5.11 Å². The molecule has 1 N–H and O–H groups in total. The largest absolute Gasteiger partial charge is 0.497 e. The molecule has 1 aromatic carbocycles. The third kappa shape index (κ3) is 6.66. The summed E-state index contributed by atoms with van der Waals surface area (Å²) in [4.78, 5) is 2.23. The average molecular weight is 375 g/mol. The molecular formula is C21H29NO5. The maximum Gasteiger partial charge on any atom is 0.129 e. The Labute approximate surface area is 160 Å². The number of aliphatic hydroxyl groups is 1. The second kappa shape index (κ2) is 10.5. The molecule has 0 unspecified atom stereocenters. The molecule has 3 rings (SSSR count). The lowest BCUT2D eigenvalue weighted by molar-refractivity contribution is -0.00636. The molecule has 0 bridgehead atoms. The molecule has 1 saturated heterocycles. The van der Waals surface area contributed by atoms with Crippen molar-refractivity contribution in [2.24, 2.45) is 0 Å². The van der Waals surface area contributed by atoms with E-state index in [1.165, 1.54) is 5.56 Å². The lowest BCUT2D eigenvalue weighted by Gasteiger charge is -2.27. The highest BCUT2D eigenvalue weighted by molar-refractivity contribution is 5.27. The number of benzene rings is 1. The first-order chi connectivity index (χ1) is 13.2. The van der Waals surface area contributed by atoms with E-state index < -0.39 is 6.10 Å². The Morgan fingerprint density at radius 3 is 2.78 bits per heavy atom. The Balaban J connectivity index is 1.51. The molecule has 0 amide bonds. The Bertz CT molecular complexity index is 637. The Kier molecular flexibility index (Phi) is 7.71. The molecule has 148 valence electrons. The number of hydrogen-bond acceptors (Lipinski definition) is 6. The van der Waals surface area contributed by atoms with Crippen molar-refractivity contribution >= 4 is 0 Å². The lowest BCUT2D eigenvalue weighted by Crippen LogP contribution is -2.39. The van der Waals surface area contributed by atoms with Crippen molar-refractivity contribution in [1.29, 1.82) is 0 Å². The van der Waals surface area contributed by atoms with Crippen LogP contribution in [0.15, 0.2) is 47.1 Å². The van der Waals surface area contributed by atoms with E-state index in [4.69, 9.17) is 18.6 Å². The summed E-state index contributed by atoms with van der Waals surface area (Å²) in [5.74, 6) is 1.60. The van der Waals surface area contributed by atoms with Crippen LogP contribution in [0.3, 0.4) is 0 Å². The van der Waals surface area contributed by atoms with E-state index in [1.54, 1.807) is 13.4 Å². The van der Waals surface area contributed by atoms with Crippen LogP contribution in [0.25, 0.3) is 0 Å². The summed E-state index contributed by atoms with van der Waals surface area (Å²) in [6, 6.07) is 11.7. The third-order valence-corrected chi connectivity index (χ3v) is 4.65. The molecule has 1 aliphatic rings. The normalized spacial score (nSPS) is 18.1. The lowest BCUT2D eigenvalue weighted by atomic mass is 10.1. The van der Waals surface area contributed by atoms with Crippen molar-refractivity contribution in [2.75, 3.05) is 33.4 Å². The molecule has 27 heavy (non-hydrogen) atoms. The van der Waals surface area contributed by atoms with Crippen LogP contribution in [-0.4, -0.2) is 55.6 Å². The van der Waals surface area contributed by atoms with Gasteiger partial charge in [-0.3, -0.25) is 4.90 Å². The molecule has 6 nitrogen and oxygen atoms in total. The van der Waals surface area contributed by atoms with Gasteiger partial charge in [-0.1, -0.05) is 12.1 Å². The average Bonchev–Trinajstić information content (AvgIpc) is 3.36. The van der Waals surface area contributed by atoms with Gasteiger partial charge in [0, 0.05) is 26.2 Å². The smallest absolute Gasteiger partial charge is 0.129 e. The molecule has 1 aliphatic heterocycles. The van der Waals surface area contributed by atoms with E-state index in [2.05, 4.69) is 17.0 Å². The molecule has 6 heteroatoms. The molecule has 1 fully saturated rings. The minimum Gasteiger partial charge on any atom is -0.497 e. The van der Waals surface area contributed by atoms with E-state index in [0.29, 0.717) is 13.2 Å². The van der Waals surface area contributed by atoms with Crippen molar-refractivity contribution in [3.8, 4) is 5.75 Å². The zero-order chi connectivity index (χ0) is 18.9. The minimum absolute atomic E-state index is 0.236. The van der Waals surface area contributed by atoms with Gasteiger partial charge < -0.3 is 23.7 Å². The zero-order valence-electron chi connectivity index (χ0n) is 15.9. The second-order valence-corrected chi connectivity index (χ2v) is 6.93. The van der Waals surface area contributed by atoms with Gasteiger partial charge in [-0.05, 0) is 42.7 Å². The van der Waals surface area contributed by atoms with Crippen molar-refractivity contribution in [3.05, 3.63) is 54.0 Å². The fraction of sp³-hybridized carbons (Fsp3) is 0.524. The Morgan fingerprint density at radius 2 is 2.11 bits per heavy atom. The van der Waals surface area contributed by atoms with Gasteiger partial charge in [0.25, 0.3) is 0 Å². The highest BCUT2D eigenvalue weighted by Crippen LogP contribution is 2.17. The van der Waals surface area contributed by atoms with Crippen LogP contribution in [0.1, 0.15) is 24.2 Å². The fourth-order valence-corrected chi connectivity index (χ4v) is 3.31. The van der Waals surface area contributed by atoms with Crippen molar-refractivity contribution in [2.45, 2.75) is 38.2 Å². The summed E-state index contributed by atoms with van der Waals surface area (Å²) < 4.78 is 21.8. The highest BCUT2D eigenvalue weighted by Gasteiger charge is 2.21. The quantitative estimate of drug-likeness (QED) is 0.652. The molecule has 0 saturated carbocycles. The minimum atomic E-state index is -0.570. The molecule has 1 aromatic heterocycles. The number of methoxy groups -OCH3 is 1. The molecule has 2 aromatic rings. The van der Waals surface area contributed by atoms with Gasteiger partial charge in [-0.25, -0.2) is 0 Å². The van der Waals surface area contributed by atoms with E-state index in [-0.39, 0.29) is 12.7 Å². The summed E-state index contributed by atoms with van der Waals surface area (Å²) in [7, 11) is 1.66. The summed E-state index contributed by atoms with van der Waals surface area (Å²) in [6.07, 6.45) is 3.46. The third-order valence-electron chi connectivity index (χ3n) is 4.65. The topological polar surface area (TPSA) is 64.3 Å². The van der Waals surface area contributed by atoms with Crippen LogP contribution in [0.5, 0.6) is 5.75 Å². The van der Waals surface area contributed by atoms with Crippen molar-refractivity contribution in [1.82, 2.24) is 4.90 Å². The molecule has 0 aliphatic carbocycles. The predicted molar refractivity (Wildman–Crippen MR) is 102 cm³/mol. The number of furan rings is 1. The summed E-state index contributed by atoms with van der Waals surface area (Å²) >= 11 is 0. The molecule has 0 radical (unpaired) electrons. The monoisotopic (exact) mass is 375 g/mol. The van der Waals surface area contributed by atoms with Gasteiger partial charge in [0.2, 0.25) is 0 Å². The van der Waals surface area contributed by atoms with Gasteiger partial charge in [0.15, 0.2) is 0 Å². The van der Waals surface area contributed by atoms with E-state index in [1.807, 2.05) is 24.3 Å². The number of rotatable bonds is 11. The predicted octanol–water partition coefficient (Wildman–Crippen LogP) is 2.85. The van der Waals surface area contributed by atoms with Crippen LogP contribution in [0.4, 0.5) is 0 Å². The molecule has 2 heterocycles. The molecule has 2 atom stereocenters. The number of nitrogens with zero attached hydrogens (tertiary/aromatic N) is 1. The van der Waals surface area contributed by atoms with Crippen LogP contribution in [-0.2, 0) is 22.6 Å². The zero-order valence-corrected chi connectivity index (χ0v) is 15.9. The molecule has 0 spiro atoms. The number of hydrogen-bond donors (Lipinski definition) is 1. The van der Waals surface area contributed by atoms with Crippen LogP contribution >= 0.6 is 0 Å². The highest BCUT2D eigenvalue weighted by atomic mass is 16.5. The first-order valence-corrected chi connectivity index (χ1v) is 9.48. The standard InChI is InChI=1S/C21H29NO5/c1-24-19-8-6-17(7-9-19)12-22(14-20-4-2-10-26-20)13-18(23)15-25-16-21-5-3-11-27-21/h3,5-9,11,18,20,23H,2,4,10,12-16H2,1H3/t18-,20-/m0/s1. The SMILES string of the molecule is COc1ccc(CN(C[C@H](O)COCc2ccco2)C[C@@H]2CCCO2)cc1. The van der Waals surface area contributed by atoms with Crippen LogP contribution in [0.2, 0.25) is 0 Å². The van der Waals surface area contributed by atoms with Gasteiger partial charge in [0.05, 0.1) is 32.2 Å². The number of ether oxygens (including phenoxy) is 3. The summed E-state index contributed by atoms with van der Waals surface area (Å²) in [6.45, 7) is 3.56. The van der Waals surface area contributed by atoms with Crippen molar-refractivity contribution < 1.29 is 23.7 Å². The van der Waals surface area contributed by atoms with Crippen LogP contribution in [0, 0.1) is 0 Å². The maximum atomic E-state index is 10.4. The van der Waals surface area contributed by atoms with Gasteiger partial charge >= 0.3 is 0 Å². The number of aliphatic hydroxyl groups excluding tert-OH is 1. The van der Waals surface area contributed by atoms with Crippen LogP contribution < -0.4 is 4.74 Å². The van der Waals surface area contributed by atoms with Gasteiger partial charge in [-0.15, -0.1) is 0 Å².